The Balaban J connectivity index is 2.79. The summed E-state index contributed by atoms with van der Waals surface area (Å²) in [5.74, 6) is -0.485. The summed E-state index contributed by atoms with van der Waals surface area (Å²) in [4.78, 5) is 0. The van der Waals surface area contributed by atoms with Gasteiger partial charge < -0.3 is 14.7 Å². The number of hydrogen-bond donors (Lipinski definition) is 1. The highest BCUT2D eigenvalue weighted by atomic mass is 79.9. The minimum atomic E-state index is -0.485. The Bertz CT molecular complexity index is 465. The maximum absolute atomic E-state index is 13.6. The van der Waals surface area contributed by atoms with Gasteiger partial charge in [0.05, 0.1) is 19.3 Å². The maximum Gasteiger partial charge on any atom is 0.132 e. The van der Waals surface area contributed by atoms with Crippen LogP contribution in [0.1, 0.15) is 5.56 Å². The molecule has 0 fully saturated rings. The van der Waals surface area contributed by atoms with Gasteiger partial charge in [0.15, 0.2) is 0 Å². The summed E-state index contributed by atoms with van der Waals surface area (Å²) in [6, 6.07) is 4.36. The lowest BCUT2D eigenvalue weighted by Crippen LogP contribution is -2.22. The number of hydrogen-bond acceptors (Lipinski definition) is 4. The topological polar surface area (TPSA) is 51.0 Å². The molecule has 1 N–H and O–H groups in total. The van der Waals surface area contributed by atoms with E-state index in [0.717, 1.165) is 0 Å². The number of nitrogens with zero attached hydrogens (tertiary/aromatic N) is 1. The van der Waals surface area contributed by atoms with E-state index < -0.39 is 5.82 Å². The molecule has 0 amide bonds. The molecular weight excluding hydrogens is 317 g/mol. The second kappa shape index (κ2) is 8.04. The Morgan fingerprint density at radius 3 is 2.95 bits per heavy atom. The van der Waals surface area contributed by atoms with E-state index in [4.69, 9.17) is 14.7 Å². The van der Waals surface area contributed by atoms with E-state index in [1.807, 2.05) is 0 Å². The Kier molecular flexibility index (Phi) is 6.69. The second-order valence-electron chi connectivity index (χ2n) is 3.71. The van der Waals surface area contributed by atoms with Gasteiger partial charge in [-0.1, -0.05) is 27.2 Å². The maximum atomic E-state index is 13.6. The van der Waals surface area contributed by atoms with Gasteiger partial charge in [0.1, 0.15) is 11.5 Å². The second-order valence-corrected chi connectivity index (χ2v) is 4.63. The number of halogens is 2. The van der Waals surface area contributed by atoms with E-state index in [9.17, 15) is 4.39 Å². The first kappa shape index (κ1) is 15.8. The molecule has 0 bridgehead atoms. The number of ether oxygens (including phenoxy) is 2. The van der Waals surface area contributed by atoms with Crippen molar-refractivity contribution in [3.05, 3.63) is 46.7 Å². The van der Waals surface area contributed by atoms with Gasteiger partial charge in [-0.15, -0.1) is 6.58 Å². The van der Waals surface area contributed by atoms with Crippen LogP contribution >= 0.6 is 15.9 Å². The Morgan fingerprint density at radius 1 is 1.63 bits per heavy atom. The average molecular weight is 332 g/mol. The van der Waals surface area contributed by atoms with Gasteiger partial charge >= 0.3 is 0 Å². The van der Waals surface area contributed by atoms with E-state index in [0.29, 0.717) is 11.1 Å². The number of rotatable bonds is 7. The van der Waals surface area contributed by atoms with Crippen molar-refractivity contribution in [2.45, 2.75) is 6.10 Å². The summed E-state index contributed by atoms with van der Waals surface area (Å²) >= 11 is 3.23. The molecule has 104 valence electrons. The molecule has 0 radical (unpaired) electrons. The fraction of sp³-hybridized carbons (Fsp3) is 0.308. The first-order valence-electron chi connectivity index (χ1n) is 5.51. The van der Waals surface area contributed by atoms with Gasteiger partial charge in [-0.2, -0.15) is 0 Å². The summed E-state index contributed by atoms with van der Waals surface area (Å²) in [7, 11) is 1.54. The molecule has 0 aliphatic rings. The molecule has 4 nitrogen and oxygen atoms in total. The molecule has 0 aliphatic carbocycles. The Morgan fingerprint density at radius 2 is 2.37 bits per heavy atom. The Labute approximate surface area is 119 Å². The van der Waals surface area contributed by atoms with Crippen molar-refractivity contribution in [3.63, 3.8) is 0 Å². The minimum Gasteiger partial charge on any atom is -0.411 e. The zero-order chi connectivity index (χ0) is 14.3. The lowest BCUT2D eigenvalue weighted by atomic mass is 10.1. The van der Waals surface area contributed by atoms with E-state index in [1.54, 1.807) is 12.1 Å². The van der Waals surface area contributed by atoms with E-state index >= 15 is 0 Å². The first-order valence-corrected chi connectivity index (χ1v) is 6.31. The molecule has 0 heterocycles. The zero-order valence-electron chi connectivity index (χ0n) is 10.5. The average Bonchev–Trinajstić information content (AvgIpc) is 2.41. The van der Waals surface area contributed by atoms with Crippen molar-refractivity contribution in [1.29, 1.82) is 0 Å². The van der Waals surface area contributed by atoms with Crippen molar-refractivity contribution in [2.24, 2.45) is 5.16 Å². The van der Waals surface area contributed by atoms with Crippen LogP contribution in [0.2, 0.25) is 0 Å². The molecule has 19 heavy (non-hydrogen) atoms. The smallest absolute Gasteiger partial charge is 0.132 e. The van der Waals surface area contributed by atoms with Crippen LogP contribution in [0.4, 0.5) is 4.39 Å². The van der Waals surface area contributed by atoms with Gasteiger partial charge in [-0.05, 0) is 18.2 Å². The van der Waals surface area contributed by atoms with Crippen molar-refractivity contribution >= 4 is 21.6 Å². The van der Waals surface area contributed by atoms with Gasteiger partial charge in [0, 0.05) is 17.1 Å². The zero-order valence-corrected chi connectivity index (χ0v) is 12.1. The van der Waals surface area contributed by atoms with Crippen LogP contribution < -0.4 is 0 Å². The van der Waals surface area contributed by atoms with Crippen LogP contribution in [0.3, 0.4) is 0 Å². The first-order chi connectivity index (χ1) is 9.12. The summed E-state index contributed by atoms with van der Waals surface area (Å²) in [6.07, 6.45) is 1.22. The third kappa shape index (κ3) is 4.74. The molecule has 1 aromatic rings. The SMILES string of the molecule is C=C[C@@H](COC)OC/C(=N/O)c1cc(Br)ccc1F. The van der Waals surface area contributed by atoms with Crippen molar-refractivity contribution in [1.82, 2.24) is 0 Å². The highest BCUT2D eigenvalue weighted by molar-refractivity contribution is 9.10. The summed E-state index contributed by atoms with van der Waals surface area (Å²) in [5.41, 5.74) is 0.277. The van der Waals surface area contributed by atoms with E-state index in [2.05, 4.69) is 27.7 Å². The number of methoxy groups -OCH3 is 1. The standard InChI is InChI=1S/C13H15BrFNO3/c1-3-10(7-18-2)19-8-13(16-17)11-6-9(14)4-5-12(11)15/h3-6,10,17H,1,7-8H2,2H3/b16-13-/t10-/m0/s1. The molecule has 1 atom stereocenters. The fourth-order valence-electron chi connectivity index (χ4n) is 1.41. The van der Waals surface area contributed by atoms with Crippen molar-refractivity contribution in [3.8, 4) is 0 Å². The molecule has 0 saturated carbocycles. The van der Waals surface area contributed by atoms with Crippen LogP contribution in [-0.4, -0.2) is 37.3 Å². The lowest BCUT2D eigenvalue weighted by molar-refractivity contribution is 0.0439. The predicted molar refractivity (Wildman–Crippen MR) is 74.2 cm³/mol. The minimum absolute atomic E-state index is 0.0517. The summed E-state index contributed by atoms with van der Waals surface area (Å²) in [5, 5.41) is 12.1. The van der Waals surface area contributed by atoms with Gasteiger partial charge in [0.25, 0.3) is 0 Å². The van der Waals surface area contributed by atoms with Crippen LogP contribution in [0.25, 0.3) is 0 Å². The number of benzene rings is 1. The van der Waals surface area contributed by atoms with Crippen LogP contribution in [0, 0.1) is 5.82 Å². The summed E-state index contributed by atoms with van der Waals surface area (Å²) in [6.45, 7) is 3.87. The fourth-order valence-corrected chi connectivity index (χ4v) is 1.77. The molecule has 0 unspecified atom stereocenters. The number of oxime groups is 1. The van der Waals surface area contributed by atoms with Crippen LogP contribution in [0.5, 0.6) is 0 Å². The molecule has 0 spiro atoms. The third-order valence-corrected chi connectivity index (χ3v) is 2.88. The highest BCUT2D eigenvalue weighted by Gasteiger charge is 2.13. The van der Waals surface area contributed by atoms with Gasteiger partial charge in [-0.3, -0.25) is 0 Å². The van der Waals surface area contributed by atoms with Crippen molar-refractivity contribution < 1.29 is 19.1 Å². The molecule has 6 heteroatoms. The predicted octanol–water partition coefficient (Wildman–Crippen LogP) is 2.98. The molecule has 0 saturated heterocycles. The van der Waals surface area contributed by atoms with Crippen LogP contribution in [0.15, 0.2) is 40.5 Å². The third-order valence-electron chi connectivity index (χ3n) is 2.39. The molecule has 1 rings (SSSR count). The van der Waals surface area contributed by atoms with E-state index in [1.165, 1.54) is 19.2 Å². The van der Waals surface area contributed by atoms with Gasteiger partial charge in [0.2, 0.25) is 0 Å². The molecule has 1 aromatic carbocycles. The monoisotopic (exact) mass is 331 g/mol. The summed E-state index contributed by atoms with van der Waals surface area (Å²) < 4.78 is 24.7. The molecular formula is C13H15BrFNO3. The van der Waals surface area contributed by atoms with Crippen LogP contribution in [-0.2, 0) is 9.47 Å². The Hall–Kier alpha value is -1.24. The highest BCUT2D eigenvalue weighted by Crippen LogP contribution is 2.17. The molecule has 0 aliphatic heterocycles. The largest absolute Gasteiger partial charge is 0.411 e. The quantitative estimate of drug-likeness (QED) is 0.361. The lowest BCUT2D eigenvalue weighted by Gasteiger charge is -2.14. The van der Waals surface area contributed by atoms with E-state index in [-0.39, 0.29) is 24.0 Å². The normalized spacial score (nSPS) is 13.3. The molecule has 0 aromatic heterocycles. The van der Waals surface area contributed by atoms with Crippen molar-refractivity contribution in [2.75, 3.05) is 20.3 Å². The van der Waals surface area contributed by atoms with Gasteiger partial charge in [-0.25, -0.2) is 4.39 Å².